The van der Waals surface area contributed by atoms with Crippen molar-refractivity contribution in [2.45, 2.75) is 232 Å². The van der Waals surface area contributed by atoms with Gasteiger partial charge in [-0.05, 0) is 99.9 Å². The average Bonchev–Trinajstić information content (AvgIpc) is 3.44. The van der Waals surface area contributed by atoms with Crippen molar-refractivity contribution in [3.05, 3.63) is 81.9 Å². The molecular formula is C64H104O12P2S2. The van der Waals surface area contributed by atoms with Gasteiger partial charge in [0.2, 0.25) is 0 Å². The quantitative estimate of drug-likeness (QED) is 0.0300. The molecule has 0 fully saturated rings. The molecule has 0 N–H and O–H groups in total. The summed E-state index contributed by atoms with van der Waals surface area (Å²) in [5.41, 5.74) is 3.54. The molecule has 3 aromatic rings. The second-order valence-electron chi connectivity index (χ2n) is 20.9. The summed E-state index contributed by atoms with van der Waals surface area (Å²) in [6.07, 6.45) is 31.2. The van der Waals surface area contributed by atoms with Gasteiger partial charge in [0.1, 0.15) is 11.5 Å². The summed E-state index contributed by atoms with van der Waals surface area (Å²) in [4.78, 5) is 0.253. The summed E-state index contributed by atoms with van der Waals surface area (Å²) in [6, 6.07) is 14.6. The molecule has 454 valence electrons. The van der Waals surface area contributed by atoms with Gasteiger partial charge in [0.25, 0.3) is 0 Å². The van der Waals surface area contributed by atoms with E-state index in [0.717, 1.165) is 133 Å². The van der Waals surface area contributed by atoms with Crippen molar-refractivity contribution < 1.29 is 53.5 Å². The van der Waals surface area contributed by atoms with Crippen molar-refractivity contribution in [3.63, 3.8) is 0 Å². The smallest absolute Gasteiger partial charge is 0.335 e. The molecule has 0 spiro atoms. The summed E-state index contributed by atoms with van der Waals surface area (Å²) < 4.78 is 121. The van der Waals surface area contributed by atoms with Crippen molar-refractivity contribution in [1.29, 1.82) is 0 Å². The van der Waals surface area contributed by atoms with Crippen LogP contribution in [-0.4, -0.2) is 68.0 Å². The molecule has 12 nitrogen and oxygen atoms in total. The summed E-state index contributed by atoms with van der Waals surface area (Å²) in [5, 5.41) is 0. The highest BCUT2D eigenvalue weighted by Gasteiger charge is 2.31. The van der Waals surface area contributed by atoms with E-state index in [0.29, 0.717) is 59.8 Å². The Balaban J connectivity index is 2.14. The second kappa shape index (κ2) is 40.2. The van der Waals surface area contributed by atoms with Crippen LogP contribution in [0.4, 0.5) is 0 Å². The summed E-state index contributed by atoms with van der Waals surface area (Å²) in [5.74, 6) is 0.889. The van der Waals surface area contributed by atoms with Crippen LogP contribution in [0.5, 0.6) is 11.5 Å². The second-order valence-corrected chi connectivity index (χ2v) is 29.2. The molecule has 0 atom stereocenters. The fourth-order valence-electron chi connectivity index (χ4n) is 9.61. The highest BCUT2D eigenvalue weighted by atomic mass is 32.2. The van der Waals surface area contributed by atoms with Gasteiger partial charge in [-0.2, -0.15) is 0 Å². The van der Waals surface area contributed by atoms with Crippen LogP contribution in [0.1, 0.15) is 243 Å². The van der Waals surface area contributed by atoms with Crippen molar-refractivity contribution in [2.24, 2.45) is 0 Å². The first-order valence-electron chi connectivity index (χ1n) is 30.8. The third-order valence-corrected chi connectivity index (χ3v) is 21.8. The van der Waals surface area contributed by atoms with E-state index in [1.54, 1.807) is 52.0 Å². The molecule has 3 rings (SSSR count). The molecule has 0 saturated heterocycles. The Morgan fingerprint density at radius 3 is 1.16 bits per heavy atom. The minimum absolute atomic E-state index is 0.0184. The third kappa shape index (κ3) is 27.1. The van der Waals surface area contributed by atoms with Gasteiger partial charge in [-0.3, -0.25) is 9.13 Å². The predicted octanol–water partition coefficient (Wildman–Crippen LogP) is 19.3. The Morgan fingerprint density at radius 1 is 0.375 bits per heavy atom. The maximum atomic E-state index is 14.4. The number of sulfone groups is 2. The molecule has 0 aliphatic carbocycles. The zero-order chi connectivity index (χ0) is 58.5. The fourth-order valence-corrected chi connectivity index (χ4v) is 16.4. The summed E-state index contributed by atoms with van der Waals surface area (Å²) >= 11 is 0. The Morgan fingerprint density at radius 2 is 0.738 bits per heavy atom. The first-order chi connectivity index (χ1) is 38.6. The van der Waals surface area contributed by atoms with E-state index >= 15 is 0 Å². The first kappa shape index (κ1) is 71.2. The van der Waals surface area contributed by atoms with Gasteiger partial charge in [0.05, 0.1) is 73.3 Å². The average molecular weight is 1190 g/mol. The van der Waals surface area contributed by atoms with E-state index in [4.69, 9.17) is 27.6 Å². The Kier molecular flexibility index (Phi) is 35.8. The molecule has 0 saturated carbocycles. The maximum absolute atomic E-state index is 14.4. The normalized spacial score (nSPS) is 12.6. The molecule has 3 aromatic carbocycles. The van der Waals surface area contributed by atoms with Crippen LogP contribution in [0.25, 0.3) is 24.3 Å². The van der Waals surface area contributed by atoms with Gasteiger partial charge in [-0.25, -0.2) is 16.8 Å². The van der Waals surface area contributed by atoms with Gasteiger partial charge < -0.3 is 27.6 Å². The first-order valence-corrected chi connectivity index (χ1v) is 37.6. The molecule has 0 aromatic heterocycles. The van der Waals surface area contributed by atoms with E-state index in [1.165, 1.54) is 19.3 Å². The van der Waals surface area contributed by atoms with Crippen LogP contribution in [0.3, 0.4) is 0 Å². The van der Waals surface area contributed by atoms with Gasteiger partial charge in [-0.15, -0.1) is 0 Å². The molecule has 0 aliphatic heterocycles. The zero-order valence-corrected chi connectivity index (χ0v) is 54.0. The minimum Gasteiger partial charge on any atom is -0.493 e. The lowest BCUT2D eigenvalue weighted by Crippen LogP contribution is -2.12. The summed E-state index contributed by atoms with van der Waals surface area (Å²) in [6.45, 7) is 17.2. The Bertz CT molecular complexity index is 2560. The van der Waals surface area contributed by atoms with Crippen LogP contribution in [-0.2, 0) is 59.2 Å². The largest absolute Gasteiger partial charge is 0.493 e. The highest BCUT2D eigenvalue weighted by molar-refractivity contribution is 7.91. The molecule has 16 heteroatoms. The number of ether oxygens (including phenoxy) is 2. The van der Waals surface area contributed by atoms with Crippen LogP contribution in [0, 0.1) is 0 Å². The predicted molar refractivity (Wildman–Crippen MR) is 335 cm³/mol. The van der Waals surface area contributed by atoms with E-state index in [-0.39, 0.29) is 60.0 Å². The third-order valence-electron chi connectivity index (χ3n) is 14.0. The van der Waals surface area contributed by atoms with Crippen molar-refractivity contribution in [3.8, 4) is 11.5 Å². The van der Waals surface area contributed by atoms with Crippen LogP contribution >= 0.6 is 15.2 Å². The molecule has 0 bridgehead atoms. The number of benzene rings is 3. The van der Waals surface area contributed by atoms with E-state index in [1.807, 2.05) is 48.6 Å². The number of rotatable bonds is 48. The minimum atomic E-state index is -3.83. The molecule has 0 radical (unpaired) electrons. The molecule has 0 heterocycles. The van der Waals surface area contributed by atoms with E-state index in [9.17, 15) is 26.0 Å². The number of hydrogen-bond acceptors (Lipinski definition) is 12. The van der Waals surface area contributed by atoms with Gasteiger partial charge in [0.15, 0.2) is 19.7 Å². The van der Waals surface area contributed by atoms with Gasteiger partial charge >= 0.3 is 15.2 Å². The monoisotopic (exact) mass is 1190 g/mol. The molecule has 0 amide bonds. The van der Waals surface area contributed by atoms with E-state index < -0.39 is 34.9 Å². The Hall–Kier alpha value is -3.06. The molecular weight excluding hydrogens is 1090 g/mol. The number of hydrogen-bond donors (Lipinski definition) is 0. The van der Waals surface area contributed by atoms with Gasteiger partial charge in [0, 0.05) is 11.1 Å². The van der Waals surface area contributed by atoms with Crippen LogP contribution < -0.4 is 9.47 Å². The fraction of sp³-hybridized carbons (Fsp3) is 0.656. The molecule has 80 heavy (non-hydrogen) atoms. The lowest BCUT2D eigenvalue weighted by atomic mass is 10.1. The van der Waals surface area contributed by atoms with Crippen molar-refractivity contribution in [2.75, 3.05) is 51.1 Å². The molecule has 0 unspecified atom stereocenters. The topological polar surface area (TPSA) is 158 Å². The van der Waals surface area contributed by atoms with Gasteiger partial charge in [-0.1, -0.05) is 205 Å². The van der Waals surface area contributed by atoms with E-state index in [2.05, 4.69) is 27.7 Å². The summed E-state index contributed by atoms with van der Waals surface area (Å²) in [7, 11) is -15.0. The lowest BCUT2D eigenvalue weighted by molar-refractivity contribution is 0.217. The lowest BCUT2D eigenvalue weighted by Gasteiger charge is -2.21. The zero-order valence-electron chi connectivity index (χ0n) is 50.6. The van der Waals surface area contributed by atoms with Crippen LogP contribution in [0.15, 0.2) is 58.3 Å². The standard InChI is InChI=1S/C64H104O12P2S2/c1-9-17-21-25-29-33-45-71-61-50-60(54-78(66,75-15-7)76-16-8)64(80(69,70)48-36-32-28-24-20-12-4)51-57(61)43-41-55-37-39-56(40-38-55)42-44-58-49-62(72-46-34-30-26-22-18-10-2)59(53-77(65,73-13-5)74-14-6)52-63(58)79(67,68)47-35-31-27-23-19-11-3/h37-44,49-52H,9-36,45-48,53-54H2,1-8H3/b43-41+,44-42+. The maximum Gasteiger partial charge on any atom is 0.335 e. The highest BCUT2D eigenvalue weighted by Crippen LogP contribution is 2.54. The van der Waals surface area contributed by atoms with Crippen LogP contribution in [0.2, 0.25) is 0 Å². The van der Waals surface area contributed by atoms with Crippen molar-refractivity contribution in [1.82, 2.24) is 0 Å². The Labute approximate surface area is 486 Å². The SMILES string of the molecule is CCCCCCCCOc1cc(CP(=O)(OCC)OCC)c(S(=O)(=O)CCCCCCCC)cc1/C=C/c1ccc(/C=C/c2cc(OCCCCCCCC)c(CP(=O)(OCC)OCC)cc2S(=O)(=O)CCCCCCCC)cc1. The number of unbranched alkanes of at least 4 members (excludes halogenated alkanes) is 20. The molecule has 0 aliphatic rings. The van der Waals surface area contributed by atoms with Crippen molar-refractivity contribution >= 4 is 59.2 Å².